The second-order valence-corrected chi connectivity index (χ2v) is 5.85. The van der Waals surface area contributed by atoms with Crippen molar-refractivity contribution in [3.05, 3.63) is 77.2 Å². The Morgan fingerprint density at radius 3 is 2.63 bits per heavy atom. The molecule has 0 spiro atoms. The molecule has 136 valence electrons. The minimum Gasteiger partial charge on any atom is -0.465 e. The summed E-state index contributed by atoms with van der Waals surface area (Å²) in [5.74, 6) is -0.535. The number of hydrogen-bond donors (Lipinski definition) is 2. The topological polar surface area (TPSA) is 93.2 Å². The zero-order valence-electron chi connectivity index (χ0n) is 14.3. The third-order valence-corrected chi connectivity index (χ3v) is 3.81. The van der Waals surface area contributed by atoms with Gasteiger partial charge in [-0.3, -0.25) is 4.79 Å². The molecule has 3 aromatic rings. The minimum absolute atomic E-state index is 0.156. The summed E-state index contributed by atoms with van der Waals surface area (Å²) in [7, 11) is 1.31. The maximum absolute atomic E-state index is 12.4. The molecule has 27 heavy (non-hydrogen) atoms. The van der Waals surface area contributed by atoms with Crippen molar-refractivity contribution in [2.75, 3.05) is 17.7 Å². The van der Waals surface area contributed by atoms with Crippen molar-refractivity contribution in [1.82, 2.24) is 9.97 Å². The molecular formula is C19H15ClN4O3. The summed E-state index contributed by atoms with van der Waals surface area (Å²) in [5, 5.41) is 6.23. The molecule has 2 aromatic carbocycles. The van der Waals surface area contributed by atoms with Gasteiger partial charge in [-0.1, -0.05) is 29.8 Å². The molecule has 7 nitrogen and oxygen atoms in total. The highest BCUT2D eigenvalue weighted by atomic mass is 35.5. The van der Waals surface area contributed by atoms with Gasteiger partial charge in [0.1, 0.15) is 17.8 Å². The highest BCUT2D eigenvalue weighted by molar-refractivity contribution is 6.30. The van der Waals surface area contributed by atoms with E-state index in [1.807, 2.05) is 0 Å². The molecule has 2 N–H and O–H groups in total. The van der Waals surface area contributed by atoms with E-state index in [0.717, 1.165) is 0 Å². The zero-order chi connectivity index (χ0) is 19.2. The van der Waals surface area contributed by atoms with Crippen LogP contribution >= 0.6 is 11.6 Å². The quantitative estimate of drug-likeness (QED) is 0.650. The van der Waals surface area contributed by atoms with E-state index in [1.165, 1.54) is 19.5 Å². The molecule has 0 saturated heterocycles. The molecule has 0 aliphatic heterocycles. The third kappa shape index (κ3) is 4.59. The Morgan fingerprint density at radius 1 is 1.04 bits per heavy atom. The molecule has 0 aliphatic rings. The van der Waals surface area contributed by atoms with Gasteiger partial charge in [-0.25, -0.2) is 14.8 Å². The molecule has 1 amide bonds. The number of ether oxygens (including phenoxy) is 1. The Hall–Kier alpha value is -3.45. The molecular weight excluding hydrogens is 368 g/mol. The largest absolute Gasteiger partial charge is 0.465 e. The van der Waals surface area contributed by atoms with Crippen molar-refractivity contribution in [2.24, 2.45) is 0 Å². The van der Waals surface area contributed by atoms with Crippen molar-refractivity contribution in [3.8, 4) is 0 Å². The number of benzene rings is 2. The van der Waals surface area contributed by atoms with Crippen LogP contribution < -0.4 is 10.6 Å². The first kappa shape index (κ1) is 18.3. The Labute approximate surface area is 160 Å². The molecule has 8 heteroatoms. The number of nitrogens with zero attached hydrogens (tertiary/aromatic N) is 2. The molecule has 0 radical (unpaired) electrons. The number of anilines is 3. The summed E-state index contributed by atoms with van der Waals surface area (Å²) >= 11 is 5.92. The summed E-state index contributed by atoms with van der Waals surface area (Å²) in [6.07, 6.45) is 1.26. The van der Waals surface area contributed by atoms with E-state index in [-0.39, 0.29) is 5.69 Å². The summed E-state index contributed by atoms with van der Waals surface area (Å²) in [5.41, 5.74) is 1.56. The number of carbonyl (C=O) groups is 2. The Bertz CT molecular complexity index is 994. The number of halogens is 1. The number of methoxy groups -OCH3 is 1. The van der Waals surface area contributed by atoms with Crippen LogP contribution in [0.3, 0.4) is 0 Å². The molecule has 1 heterocycles. The second-order valence-electron chi connectivity index (χ2n) is 5.42. The number of carbonyl (C=O) groups excluding carboxylic acids is 2. The molecule has 0 fully saturated rings. The first-order chi connectivity index (χ1) is 13.1. The minimum atomic E-state index is -0.480. The van der Waals surface area contributed by atoms with Gasteiger partial charge in [-0.15, -0.1) is 0 Å². The number of rotatable bonds is 5. The number of hydrogen-bond acceptors (Lipinski definition) is 6. The van der Waals surface area contributed by atoms with Gasteiger partial charge < -0.3 is 15.4 Å². The van der Waals surface area contributed by atoms with Crippen LogP contribution in [0, 0.1) is 0 Å². The summed E-state index contributed by atoms with van der Waals surface area (Å²) in [4.78, 5) is 32.3. The van der Waals surface area contributed by atoms with Crippen LogP contribution in [-0.4, -0.2) is 29.0 Å². The maximum Gasteiger partial charge on any atom is 0.339 e. The van der Waals surface area contributed by atoms with Gasteiger partial charge >= 0.3 is 5.97 Å². The van der Waals surface area contributed by atoms with Crippen LogP contribution in [0.15, 0.2) is 60.9 Å². The summed E-state index contributed by atoms with van der Waals surface area (Å²) in [6, 6.07) is 15.1. The molecule has 0 saturated carbocycles. The van der Waals surface area contributed by atoms with Gasteiger partial charge in [0.2, 0.25) is 0 Å². The van der Waals surface area contributed by atoms with Crippen LogP contribution in [0.5, 0.6) is 0 Å². The van der Waals surface area contributed by atoms with Crippen molar-refractivity contribution >= 4 is 40.7 Å². The summed E-state index contributed by atoms with van der Waals surface area (Å²) < 4.78 is 4.77. The first-order valence-electron chi connectivity index (χ1n) is 7.90. The van der Waals surface area contributed by atoms with E-state index < -0.39 is 11.9 Å². The van der Waals surface area contributed by atoms with Crippen LogP contribution in [0.25, 0.3) is 0 Å². The average Bonchev–Trinajstić information content (AvgIpc) is 2.68. The van der Waals surface area contributed by atoms with Gasteiger partial charge in [0.15, 0.2) is 0 Å². The lowest BCUT2D eigenvalue weighted by atomic mass is 10.2. The second kappa shape index (κ2) is 8.29. The number of nitrogens with one attached hydrogen (secondary N) is 2. The van der Waals surface area contributed by atoms with E-state index in [1.54, 1.807) is 48.5 Å². The fourth-order valence-corrected chi connectivity index (χ4v) is 2.52. The standard InChI is InChI=1S/C19H15ClN4O3/c1-27-19(26)14-7-2-3-8-15(14)24-17-10-16(21-11-22-17)18(25)23-13-6-4-5-12(20)9-13/h2-11H,1H3,(H,23,25)(H,21,22,24). The van der Waals surface area contributed by atoms with Crippen LogP contribution in [-0.2, 0) is 4.74 Å². The van der Waals surface area contributed by atoms with Gasteiger partial charge in [0.25, 0.3) is 5.91 Å². The zero-order valence-corrected chi connectivity index (χ0v) is 15.0. The van der Waals surface area contributed by atoms with Crippen molar-refractivity contribution < 1.29 is 14.3 Å². The fourth-order valence-electron chi connectivity index (χ4n) is 2.33. The molecule has 0 unspecified atom stereocenters. The maximum atomic E-state index is 12.4. The molecule has 0 atom stereocenters. The Balaban J connectivity index is 1.80. The SMILES string of the molecule is COC(=O)c1ccccc1Nc1cc(C(=O)Nc2cccc(Cl)c2)ncn1. The predicted octanol–water partition coefficient (Wildman–Crippen LogP) is 3.91. The smallest absolute Gasteiger partial charge is 0.339 e. The number of esters is 1. The summed E-state index contributed by atoms with van der Waals surface area (Å²) in [6.45, 7) is 0. The van der Waals surface area contributed by atoms with Crippen LogP contribution in [0.2, 0.25) is 5.02 Å². The van der Waals surface area contributed by atoms with E-state index >= 15 is 0 Å². The highest BCUT2D eigenvalue weighted by Gasteiger charge is 2.13. The lowest BCUT2D eigenvalue weighted by Gasteiger charge is -2.10. The van der Waals surface area contributed by atoms with Crippen molar-refractivity contribution in [1.29, 1.82) is 0 Å². The molecule has 0 aliphatic carbocycles. The lowest BCUT2D eigenvalue weighted by Crippen LogP contribution is -2.14. The van der Waals surface area contributed by atoms with E-state index in [0.29, 0.717) is 27.8 Å². The average molecular weight is 383 g/mol. The van der Waals surface area contributed by atoms with Crippen LogP contribution in [0.4, 0.5) is 17.2 Å². The molecule has 3 rings (SSSR count). The molecule has 0 bridgehead atoms. The van der Waals surface area contributed by atoms with Crippen LogP contribution in [0.1, 0.15) is 20.8 Å². The molecule has 1 aromatic heterocycles. The van der Waals surface area contributed by atoms with E-state index in [2.05, 4.69) is 20.6 Å². The van der Waals surface area contributed by atoms with Crippen molar-refractivity contribution in [3.63, 3.8) is 0 Å². The number of para-hydroxylation sites is 1. The van der Waals surface area contributed by atoms with Crippen molar-refractivity contribution in [2.45, 2.75) is 0 Å². The normalized spacial score (nSPS) is 10.1. The first-order valence-corrected chi connectivity index (χ1v) is 8.28. The third-order valence-electron chi connectivity index (χ3n) is 3.58. The Kier molecular flexibility index (Phi) is 5.63. The van der Waals surface area contributed by atoms with Gasteiger partial charge in [-0.2, -0.15) is 0 Å². The van der Waals surface area contributed by atoms with Gasteiger partial charge in [-0.05, 0) is 30.3 Å². The lowest BCUT2D eigenvalue weighted by molar-refractivity contribution is 0.0601. The predicted molar refractivity (Wildman–Crippen MR) is 103 cm³/mol. The van der Waals surface area contributed by atoms with Gasteiger partial charge in [0, 0.05) is 16.8 Å². The fraction of sp³-hybridized carbons (Fsp3) is 0.0526. The highest BCUT2D eigenvalue weighted by Crippen LogP contribution is 2.21. The number of aromatic nitrogens is 2. The monoisotopic (exact) mass is 382 g/mol. The van der Waals surface area contributed by atoms with E-state index in [4.69, 9.17) is 16.3 Å². The Morgan fingerprint density at radius 2 is 1.85 bits per heavy atom. The van der Waals surface area contributed by atoms with Gasteiger partial charge in [0.05, 0.1) is 18.4 Å². The van der Waals surface area contributed by atoms with E-state index in [9.17, 15) is 9.59 Å². The number of amides is 1.